The summed E-state index contributed by atoms with van der Waals surface area (Å²) in [6.07, 6.45) is 6.92. The van der Waals surface area contributed by atoms with Crippen LogP contribution < -0.4 is 11.1 Å². The second-order valence-electron chi connectivity index (χ2n) is 8.67. The quantitative estimate of drug-likeness (QED) is 0.471. The summed E-state index contributed by atoms with van der Waals surface area (Å²) in [6, 6.07) is 8.80. The van der Waals surface area contributed by atoms with Gasteiger partial charge in [-0.05, 0) is 70.7 Å². The van der Waals surface area contributed by atoms with Crippen molar-refractivity contribution in [1.29, 1.82) is 0 Å². The van der Waals surface area contributed by atoms with E-state index in [2.05, 4.69) is 67.2 Å². The van der Waals surface area contributed by atoms with Crippen LogP contribution >= 0.6 is 0 Å². The highest BCUT2D eigenvalue weighted by Gasteiger charge is 2.11. The fourth-order valence-electron chi connectivity index (χ4n) is 3.65. The Hall–Kier alpha value is -2.07. The van der Waals surface area contributed by atoms with Gasteiger partial charge in [-0.2, -0.15) is 0 Å². The van der Waals surface area contributed by atoms with Crippen LogP contribution in [0.3, 0.4) is 0 Å². The number of nitrogens with zero attached hydrogens (tertiary/aromatic N) is 1. The van der Waals surface area contributed by atoms with Crippen molar-refractivity contribution < 1.29 is 0 Å². The highest BCUT2D eigenvalue weighted by Crippen LogP contribution is 2.29. The van der Waals surface area contributed by atoms with Crippen LogP contribution in [0.5, 0.6) is 0 Å². The maximum atomic E-state index is 6.23. The third-order valence-corrected chi connectivity index (χ3v) is 5.04. The molecule has 27 heavy (non-hydrogen) atoms. The van der Waals surface area contributed by atoms with Crippen molar-refractivity contribution in [2.75, 3.05) is 12.3 Å². The fraction of sp³-hybridized carbons (Fsp3) is 0.522. The predicted molar refractivity (Wildman–Crippen MR) is 117 cm³/mol. The van der Waals surface area contributed by atoms with Gasteiger partial charge in [-0.25, -0.2) is 4.98 Å². The first-order valence-corrected chi connectivity index (χ1v) is 10.3. The number of aromatic nitrogens is 2. The molecule has 0 aliphatic heterocycles. The second kappa shape index (κ2) is 8.30. The number of hydrogen-bond acceptors (Lipinski definition) is 3. The topological polar surface area (TPSA) is 66.7 Å². The molecule has 0 fully saturated rings. The van der Waals surface area contributed by atoms with E-state index in [0.717, 1.165) is 42.2 Å². The van der Waals surface area contributed by atoms with Gasteiger partial charge in [0.1, 0.15) is 5.82 Å². The Bertz CT molecular complexity index is 902. The van der Waals surface area contributed by atoms with Gasteiger partial charge in [-0.15, -0.1) is 0 Å². The van der Waals surface area contributed by atoms with Crippen molar-refractivity contribution in [1.82, 2.24) is 15.3 Å². The SMILES string of the molecule is CCCc1cc2c(N)nc3cc(CCCCCNC(C)(C)C)ccc3c2[nH]1. The van der Waals surface area contributed by atoms with E-state index in [4.69, 9.17) is 5.73 Å². The zero-order valence-electron chi connectivity index (χ0n) is 17.3. The minimum absolute atomic E-state index is 0.212. The van der Waals surface area contributed by atoms with Crippen LogP contribution in [-0.2, 0) is 12.8 Å². The molecular formula is C23H34N4. The molecule has 0 saturated carbocycles. The Kier molecular flexibility index (Phi) is 6.05. The van der Waals surface area contributed by atoms with Crippen LogP contribution in [0.25, 0.3) is 21.8 Å². The second-order valence-corrected chi connectivity index (χ2v) is 8.67. The Morgan fingerprint density at radius 1 is 1.04 bits per heavy atom. The Morgan fingerprint density at radius 3 is 2.59 bits per heavy atom. The van der Waals surface area contributed by atoms with Crippen molar-refractivity contribution >= 4 is 27.6 Å². The Morgan fingerprint density at radius 2 is 1.85 bits per heavy atom. The molecule has 0 radical (unpaired) electrons. The number of nitrogen functional groups attached to an aromatic ring is 1. The maximum Gasteiger partial charge on any atom is 0.133 e. The van der Waals surface area contributed by atoms with E-state index in [-0.39, 0.29) is 5.54 Å². The molecule has 0 spiro atoms. The summed E-state index contributed by atoms with van der Waals surface area (Å²) in [6.45, 7) is 9.92. The van der Waals surface area contributed by atoms with Crippen molar-refractivity contribution in [3.05, 3.63) is 35.5 Å². The van der Waals surface area contributed by atoms with Gasteiger partial charge in [0.05, 0.1) is 11.0 Å². The first-order chi connectivity index (χ1) is 12.9. The molecule has 2 heterocycles. The number of hydrogen-bond donors (Lipinski definition) is 3. The first-order valence-electron chi connectivity index (χ1n) is 10.3. The average Bonchev–Trinajstić information content (AvgIpc) is 3.02. The van der Waals surface area contributed by atoms with Gasteiger partial charge >= 0.3 is 0 Å². The number of fused-ring (bicyclic) bond motifs is 3. The molecule has 2 aromatic heterocycles. The monoisotopic (exact) mass is 366 g/mol. The van der Waals surface area contributed by atoms with Crippen molar-refractivity contribution in [2.45, 2.75) is 71.8 Å². The highest BCUT2D eigenvalue weighted by atomic mass is 14.9. The summed E-state index contributed by atoms with van der Waals surface area (Å²) in [4.78, 5) is 8.22. The Balaban J connectivity index is 1.67. The standard InChI is InChI=1S/C23H34N4/c1-5-9-17-15-19-21(26-17)18-12-11-16(14-20(18)27-22(19)24)10-7-6-8-13-25-23(2,3)4/h11-12,14-15,25-26H,5-10,13H2,1-4H3,(H2,24,27). The largest absolute Gasteiger partial charge is 0.383 e. The third kappa shape index (κ3) is 5.01. The first kappa shape index (κ1) is 19.7. The van der Waals surface area contributed by atoms with Crippen molar-refractivity contribution in [2.24, 2.45) is 0 Å². The van der Waals surface area contributed by atoms with Crippen LogP contribution in [0.15, 0.2) is 24.3 Å². The summed E-state index contributed by atoms with van der Waals surface area (Å²) in [7, 11) is 0. The van der Waals surface area contributed by atoms with E-state index < -0.39 is 0 Å². The number of rotatable bonds is 8. The van der Waals surface area contributed by atoms with Crippen molar-refractivity contribution in [3.63, 3.8) is 0 Å². The van der Waals surface area contributed by atoms with Crippen LogP contribution in [-0.4, -0.2) is 22.1 Å². The van der Waals surface area contributed by atoms with E-state index in [1.54, 1.807) is 0 Å². The zero-order valence-corrected chi connectivity index (χ0v) is 17.3. The van der Waals surface area contributed by atoms with Crippen molar-refractivity contribution in [3.8, 4) is 0 Å². The minimum Gasteiger partial charge on any atom is -0.383 e. The molecule has 0 aliphatic carbocycles. The molecule has 3 rings (SSSR count). The van der Waals surface area contributed by atoms with Gasteiger partial charge in [0.15, 0.2) is 0 Å². The minimum atomic E-state index is 0.212. The van der Waals surface area contributed by atoms with Gasteiger partial charge in [-0.3, -0.25) is 0 Å². The number of pyridine rings is 1. The van der Waals surface area contributed by atoms with Crippen LogP contribution in [0.1, 0.15) is 64.6 Å². The lowest BCUT2D eigenvalue weighted by atomic mass is 10.0. The smallest absolute Gasteiger partial charge is 0.133 e. The highest BCUT2D eigenvalue weighted by molar-refractivity contribution is 6.08. The molecule has 4 N–H and O–H groups in total. The third-order valence-electron chi connectivity index (χ3n) is 5.04. The normalized spacial score (nSPS) is 12.3. The molecule has 0 amide bonds. The van der Waals surface area contributed by atoms with E-state index >= 15 is 0 Å². The molecule has 3 aromatic rings. The number of benzene rings is 1. The Labute approximate surface area is 162 Å². The molecule has 146 valence electrons. The van der Waals surface area contributed by atoms with Crippen LogP contribution in [0, 0.1) is 0 Å². The number of anilines is 1. The summed E-state index contributed by atoms with van der Waals surface area (Å²) in [5.41, 5.74) is 11.2. The summed E-state index contributed by atoms with van der Waals surface area (Å²) >= 11 is 0. The number of H-pyrrole nitrogens is 1. The molecule has 0 aliphatic rings. The lowest BCUT2D eigenvalue weighted by molar-refractivity contribution is 0.417. The predicted octanol–water partition coefficient (Wildman–Crippen LogP) is 5.35. The number of aryl methyl sites for hydroxylation is 2. The molecule has 0 bridgehead atoms. The maximum absolute atomic E-state index is 6.23. The summed E-state index contributed by atoms with van der Waals surface area (Å²) < 4.78 is 0. The molecule has 0 saturated heterocycles. The molecule has 0 atom stereocenters. The molecular weight excluding hydrogens is 332 g/mol. The summed E-state index contributed by atoms with van der Waals surface area (Å²) in [5, 5.41) is 5.76. The van der Waals surface area contributed by atoms with Gasteiger partial charge < -0.3 is 16.0 Å². The number of nitrogens with one attached hydrogen (secondary N) is 2. The summed E-state index contributed by atoms with van der Waals surface area (Å²) in [5.74, 6) is 0.626. The van der Waals surface area contributed by atoms with Gasteiger partial charge in [0.2, 0.25) is 0 Å². The molecule has 0 unspecified atom stereocenters. The van der Waals surface area contributed by atoms with Crippen LogP contribution in [0.2, 0.25) is 0 Å². The lowest BCUT2D eigenvalue weighted by Crippen LogP contribution is -2.36. The van der Waals surface area contributed by atoms with Gasteiger partial charge in [0.25, 0.3) is 0 Å². The zero-order chi connectivity index (χ0) is 19.4. The fourth-order valence-corrected chi connectivity index (χ4v) is 3.65. The number of unbranched alkanes of at least 4 members (excludes halogenated alkanes) is 2. The van der Waals surface area contributed by atoms with E-state index in [9.17, 15) is 0 Å². The van der Waals surface area contributed by atoms with Gasteiger partial charge in [-0.1, -0.05) is 31.9 Å². The number of aromatic amines is 1. The van der Waals surface area contributed by atoms with Crippen LogP contribution in [0.4, 0.5) is 5.82 Å². The molecule has 4 nitrogen and oxygen atoms in total. The van der Waals surface area contributed by atoms with E-state index in [1.165, 1.54) is 35.9 Å². The van der Waals surface area contributed by atoms with E-state index in [1.807, 2.05) is 0 Å². The molecule has 1 aromatic carbocycles. The number of nitrogens with two attached hydrogens (primary N) is 1. The van der Waals surface area contributed by atoms with Gasteiger partial charge in [0, 0.05) is 22.0 Å². The van der Waals surface area contributed by atoms with E-state index in [0.29, 0.717) is 5.82 Å². The molecule has 4 heteroatoms. The average molecular weight is 367 g/mol. The lowest BCUT2D eigenvalue weighted by Gasteiger charge is -2.20.